The SMILES string of the molecule is C[C@@H]1CN(CC(=O)N2CC(C)(C)c3ncc([C@@H](O)c4ccc(F)cc4)cc32)[C@@H](CN2[C@H](C)COC[C@H]2C)CN1C(=O)O. The van der Waals surface area contributed by atoms with Crippen LogP contribution in [0.5, 0.6) is 0 Å². The predicted octanol–water partition coefficient (Wildman–Crippen LogP) is 3.09. The molecule has 2 fully saturated rings. The topological polar surface area (TPSA) is 110 Å². The van der Waals surface area contributed by atoms with E-state index in [0.717, 1.165) is 5.69 Å². The van der Waals surface area contributed by atoms with Crippen molar-refractivity contribution in [1.29, 1.82) is 0 Å². The number of carbonyl (C=O) groups excluding carboxylic acids is 1. The van der Waals surface area contributed by atoms with Crippen molar-refractivity contribution in [2.24, 2.45) is 0 Å². The van der Waals surface area contributed by atoms with Crippen molar-refractivity contribution in [2.75, 3.05) is 50.8 Å². The Morgan fingerprint density at radius 3 is 2.38 bits per heavy atom. The van der Waals surface area contributed by atoms with Crippen molar-refractivity contribution in [3.8, 4) is 0 Å². The number of ether oxygens (including phenoxy) is 1. The Hall–Kier alpha value is -3.12. The monoisotopic (exact) mass is 583 g/mol. The highest BCUT2D eigenvalue weighted by Gasteiger charge is 2.43. The number of fused-ring (bicyclic) bond motifs is 1. The Kier molecular flexibility index (Phi) is 8.58. The maximum atomic E-state index is 14.0. The van der Waals surface area contributed by atoms with Crippen LogP contribution >= 0.6 is 0 Å². The van der Waals surface area contributed by atoms with Crippen molar-refractivity contribution < 1.29 is 28.9 Å². The lowest BCUT2D eigenvalue weighted by Crippen LogP contribution is -2.64. The molecule has 4 heterocycles. The fourth-order valence-electron chi connectivity index (χ4n) is 6.60. The van der Waals surface area contributed by atoms with E-state index < -0.39 is 17.6 Å². The van der Waals surface area contributed by atoms with E-state index >= 15 is 0 Å². The third-order valence-corrected chi connectivity index (χ3v) is 8.99. The van der Waals surface area contributed by atoms with Crippen molar-refractivity contribution in [1.82, 2.24) is 19.7 Å². The van der Waals surface area contributed by atoms with Gasteiger partial charge in [0.1, 0.15) is 11.9 Å². The Balaban J connectivity index is 1.39. The van der Waals surface area contributed by atoms with E-state index in [0.29, 0.717) is 56.2 Å². The number of amides is 2. The summed E-state index contributed by atoms with van der Waals surface area (Å²) in [7, 11) is 0. The van der Waals surface area contributed by atoms with Crippen LogP contribution in [-0.4, -0.2) is 112 Å². The number of hydrogen-bond donors (Lipinski definition) is 2. The van der Waals surface area contributed by atoms with Gasteiger partial charge in [-0.25, -0.2) is 9.18 Å². The highest BCUT2D eigenvalue weighted by molar-refractivity contribution is 5.97. The lowest BCUT2D eigenvalue weighted by molar-refractivity contribution is -0.122. The maximum Gasteiger partial charge on any atom is 0.407 e. The molecule has 1 aromatic heterocycles. The summed E-state index contributed by atoms with van der Waals surface area (Å²) in [6.07, 6.45) is -0.346. The zero-order valence-electron chi connectivity index (χ0n) is 25.0. The highest BCUT2D eigenvalue weighted by atomic mass is 19.1. The predicted molar refractivity (Wildman–Crippen MR) is 156 cm³/mol. The molecule has 2 amide bonds. The molecule has 3 aliphatic heterocycles. The van der Waals surface area contributed by atoms with E-state index in [9.17, 15) is 24.2 Å². The van der Waals surface area contributed by atoms with Crippen LogP contribution in [0.1, 0.15) is 57.5 Å². The first-order valence-corrected chi connectivity index (χ1v) is 14.7. The molecule has 0 radical (unpaired) electrons. The fraction of sp³-hybridized carbons (Fsp3) is 0.581. The quantitative estimate of drug-likeness (QED) is 0.534. The molecule has 0 aliphatic carbocycles. The van der Waals surface area contributed by atoms with Gasteiger partial charge in [-0.15, -0.1) is 0 Å². The molecule has 0 spiro atoms. The minimum absolute atomic E-state index is 0.0962. The van der Waals surface area contributed by atoms with E-state index in [4.69, 9.17) is 4.74 Å². The van der Waals surface area contributed by atoms with Gasteiger partial charge in [0.05, 0.1) is 31.1 Å². The molecule has 0 unspecified atom stereocenters. The Labute approximate surface area is 246 Å². The molecule has 228 valence electrons. The minimum Gasteiger partial charge on any atom is -0.465 e. The average Bonchev–Trinajstić information content (AvgIpc) is 3.21. The number of pyridine rings is 1. The van der Waals surface area contributed by atoms with Gasteiger partial charge in [-0.05, 0) is 44.5 Å². The number of piperazine rings is 1. The van der Waals surface area contributed by atoms with Gasteiger partial charge in [-0.2, -0.15) is 0 Å². The van der Waals surface area contributed by atoms with Gasteiger partial charge in [-0.3, -0.25) is 19.6 Å². The van der Waals surface area contributed by atoms with Crippen LogP contribution in [-0.2, 0) is 14.9 Å². The number of aliphatic hydroxyl groups is 1. The Morgan fingerprint density at radius 1 is 1.07 bits per heavy atom. The first-order valence-electron chi connectivity index (χ1n) is 14.7. The second-order valence-electron chi connectivity index (χ2n) is 12.8. The molecule has 5 atom stereocenters. The van der Waals surface area contributed by atoms with Crippen LogP contribution in [0.25, 0.3) is 0 Å². The molecule has 1 aromatic carbocycles. The number of anilines is 1. The van der Waals surface area contributed by atoms with Crippen LogP contribution in [0.2, 0.25) is 0 Å². The molecule has 5 rings (SSSR count). The standard InChI is InChI=1S/C31H42FN5O5/c1-19-12-34(25(14-36(19)30(40)41)13-35-20(2)16-42-17-21(35)3)15-27(38)37-18-31(4,5)29-26(37)10-23(11-33-29)28(39)22-6-8-24(32)9-7-22/h6-11,19-21,25,28,39H,12-18H2,1-5H3,(H,40,41)/t19-,20-,21-,25+,28+/m1/s1. The fourth-order valence-corrected chi connectivity index (χ4v) is 6.60. The lowest BCUT2D eigenvalue weighted by atomic mass is 9.90. The molecule has 2 N–H and O–H groups in total. The minimum atomic E-state index is -1.02. The molecule has 2 saturated heterocycles. The summed E-state index contributed by atoms with van der Waals surface area (Å²) in [6, 6.07) is 7.44. The van der Waals surface area contributed by atoms with E-state index in [-0.39, 0.29) is 42.4 Å². The molecule has 0 saturated carbocycles. The second-order valence-corrected chi connectivity index (χ2v) is 12.8. The number of rotatable bonds is 6. The average molecular weight is 584 g/mol. The van der Waals surface area contributed by atoms with Crippen molar-refractivity contribution in [3.05, 3.63) is 59.2 Å². The number of carboxylic acid groups (broad SMARTS) is 1. The van der Waals surface area contributed by atoms with E-state index in [2.05, 4.69) is 28.6 Å². The lowest BCUT2D eigenvalue weighted by Gasteiger charge is -2.48. The molecular formula is C31H42FN5O5. The summed E-state index contributed by atoms with van der Waals surface area (Å²) in [5, 5.41) is 20.9. The number of nitrogens with zero attached hydrogens (tertiary/aromatic N) is 5. The Bertz CT molecular complexity index is 1300. The van der Waals surface area contributed by atoms with Crippen LogP contribution in [0.3, 0.4) is 0 Å². The molecule has 0 bridgehead atoms. The third-order valence-electron chi connectivity index (χ3n) is 8.99. The number of hydrogen-bond acceptors (Lipinski definition) is 7. The first-order chi connectivity index (χ1) is 19.9. The van der Waals surface area contributed by atoms with Crippen LogP contribution < -0.4 is 4.90 Å². The largest absolute Gasteiger partial charge is 0.465 e. The molecule has 11 heteroatoms. The first kappa shape index (κ1) is 30.3. The summed E-state index contributed by atoms with van der Waals surface area (Å²) in [5.74, 6) is -0.480. The number of morpholine rings is 1. The number of halogens is 1. The van der Waals surface area contributed by atoms with Gasteiger partial charge in [0, 0.05) is 67.5 Å². The molecule has 3 aliphatic rings. The highest BCUT2D eigenvalue weighted by Crippen LogP contribution is 2.41. The van der Waals surface area contributed by atoms with Gasteiger partial charge < -0.3 is 24.7 Å². The summed E-state index contributed by atoms with van der Waals surface area (Å²) in [6.45, 7) is 13.4. The second kappa shape index (κ2) is 11.9. The maximum absolute atomic E-state index is 14.0. The number of carbonyl (C=O) groups is 2. The van der Waals surface area contributed by atoms with Crippen LogP contribution in [0.4, 0.5) is 14.9 Å². The van der Waals surface area contributed by atoms with Crippen LogP contribution in [0.15, 0.2) is 36.5 Å². The van der Waals surface area contributed by atoms with Gasteiger partial charge in [0.25, 0.3) is 0 Å². The van der Waals surface area contributed by atoms with Crippen molar-refractivity contribution >= 4 is 17.7 Å². The third kappa shape index (κ3) is 6.01. The number of benzene rings is 1. The normalized spacial score (nSPS) is 27.1. The van der Waals surface area contributed by atoms with Gasteiger partial charge in [0.2, 0.25) is 5.91 Å². The summed E-state index contributed by atoms with van der Waals surface area (Å²) >= 11 is 0. The van der Waals surface area contributed by atoms with Crippen molar-refractivity contribution in [2.45, 2.75) is 70.3 Å². The zero-order valence-corrected chi connectivity index (χ0v) is 25.0. The van der Waals surface area contributed by atoms with Crippen molar-refractivity contribution in [3.63, 3.8) is 0 Å². The summed E-state index contributed by atoms with van der Waals surface area (Å²) < 4.78 is 19.2. The van der Waals surface area contributed by atoms with E-state index in [1.54, 1.807) is 11.1 Å². The molecular weight excluding hydrogens is 541 g/mol. The zero-order chi connectivity index (χ0) is 30.3. The van der Waals surface area contributed by atoms with E-state index in [1.165, 1.54) is 29.2 Å². The smallest absolute Gasteiger partial charge is 0.407 e. The van der Waals surface area contributed by atoms with Gasteiger partial charge >= 0.3 is 6.09 Å². The number of aromatic nitrogens is 1. The van der Waals surface area contributed by atoms with Crippen LogP contribution in [0, 0.1) is 5.82 Å². The summed E-state index contributed by atoms with van der Waals surface area (Å²) in [5.41, 5.74) is 2.11. The molecule has 10 nitrogen and oxygen atoms in total. The van der Waals surface area contributed by atoms with Gasteiger partial charge in [-0.1, -0.05) is 26.0 Å². The van der Waals surface area contributed by atoms with Gasteiger partial charge in [0.15, 0.2) is 0 Å². The molecule has 42 heavy (non-hydrogen) atoms. The molecule has 2 aromatic rings. The number of aliphatic hydroxyl groups excluding tert-OH is 1. The summed E-state index contributed by atoms with van der Waals surface area (Å²) in [4.78, 5) is 38.4. The van der Waals surface area contributed by atoms with E-state index in [1.807, 2.05) is 26.8 Å². The Morgan fingerprint density at radius 2 is 1.74 bits per heavy atom.